The summed E-state index contributed by atoms with van der Waals surface area (Å²) in [5, 5.41) is 10.2. The fraction of sp³-hybridized carbons (Fsp3) is 0.556. The quantitative estimate of drug-likeness (QED) is 0.810. The predicted molar refractivity (Wildman–Crippen MR) is 100 cm³/mol. The van der Waals surface area contributed by atoms with Crippen molar-refractivity contribution in [2.24, 2.45) is 0 Å². The molecule has 24 heavy (non-hydrogen) atoms. The largest absolute Gasteiger partial charge is 0.411 e. The van der Waals surface area contributed by atoms with E-state index in [0.29, 0.717) is 12.3 Å². The van der Waals surface area contributed by atoms with Gasteiger partial charge in [-0.15, -0.1) is 0 Å². The molecule has 0 saturated carbocycles. The van der Waals surface area contributed by atoms with Crippen molar-refractivity contribution in [1.82, 2.24) is 15.0 Å². The van der Waals surface area contributed by atoms with Crippen LogP contribution < -0.4 is 0 Å². The van der Waals surface area contributed by atoms with Gasteiger partial charge in [-0.25, -0.2) is 4.98 Å². The smallest absolute Gasteiger partial charge is 0.192 e. The SMILES string of the molecule is CC(C)(O)c1cccc(CO[Si](C)(C)C(C)(C)C)n1.c1c[nH]cn1. The monoisotopic (exact) mass is 349 g/mol. The molecule has 0 atom stereocenters. The minimum Gasteiger partial charge on any atom is -0.411 e. The van der Waals surface area contributed by atoms with Crippen molar-refractivity contribution in [3.63, 3.8) is 0 Å². The molecule has 0 amide bonds. The number of nitrogens with one attached hydrogen (secondary N) is 1. The van der Waals surface area contributed by atoms with Crippen LogP contribution in [0.25, 0.3) is 0 Å². The second-order valence-corrected chi connectivity index (χ2v) is 12.7. The van der Waals surface area contributed by atoms with Crippen molar-refractivity contribution in [1.29, 1.82) is 0 Å². The molecule has 134 valence electrons. The molecule has 0 aliphatic rings. The van der Waals surface area contributed by atoms with Gasteiger partial charge in [-0.3, -0.25) is 4.98 Å². The number of rotatable bonds is 4. The van der Waals surface area contributed by atoms with Crippen LogP contribution in [-0.2, 0) is 16.6 Å². The van der Waals surface area contributed by atoms with Gasteiger partial charge < -0.3 is 14.5 Å². The average Bonchev–Trinajstić information content (AvgIpc) is 3.03. The van der Waals surface area contributed by atoms with E-state index in [0.717, 1.165) is 5.69 Å². The van der Waals surface area contributed by atoms with Crippen LogP contribution in [0.1, 0.15) is 46.0 Å². The Morgan fingerprint density at radius 3 is 2.25 bits per heavy atom. The number of hydrogen-bond donors (Lipinski definition) is 2. The topological polar surface area (TPSA) is 71.0 Å². The fourth-order valence-electron chi connectivity index (χ4n) is 1.59. The molecule has 0 aliphatic heterocycles. The molecule has 0 bridgehead atoms. The Hall–Kier alpha value is -1.50. The number of H-pyrrole nitrogens is 1. The van der Waals surface area contributed by atoms with Crippen molar-refractivity contribution >= 4 is 8.32 Å². The van der Waals surface area contributed by atoms with Gasteiger partial charge in [0.2, 0.25) is 0 Å². The van der Waals surface area contributed by atoms with Crippen LogP contribution in [-0.4, -0.2) is 28.4 Å². The molecule has 2 heterocycles. The molecule has 2 aromatic rings. The normalized spacial score (nSPS) is 12.5. The Labute approximate surface area is 146 Å². The molecular weight excluding hydrogens is 318 g/mol. The summed E-state index contributed by atoms with van der Waals surface area (Å²) in [5.41, 5.74) is 0.653. The Balaban J connectivity index is 0.000000488. The van der Waals surface area contributed by atoms with Crippen LogP contribution in [0.2, 0.25) is 18.1 Å². The number of pyridine rings is 1. The number of imidazole rings is 1. The molecule has 0 saturated heterocycles. The van der Waals surface area contributed by atoms with E-state index in [1.807, 2.05) is 18.2 Å². The zero-order valence-corrected chi connectivity index (χ0v) is 16.9. The zero-order valence-electron chi connectivity index (χ0n) is 15.9. The van der Waals surface area contributed by atoms with Crippen LogP contribution in [0.15, 0.2) is 36.9 Å². The van der Waals surface area contributed by atoms with E-state index in [1.165, 1.54) is 0 Å². The van der Waals surface area contributed by atoms with Crippen molar-refractivity contribution in [3.05, 3.63) is 48.3 Å². The maximum atomic E-state index is 9.98. The lowest BCUT2D eigenvalue weighted by Gasteiger charge is -2.36. The van der Waals surface area contributed by atoms with Crippen LogP contribution in [0.3, 0.4) is 0 Å². The highest BCUT2D eigenvalue weighted by Gasteiger charge is 2.37. The van der Waals surface area contributed by atoms with E-state index in [1.54, 1.807) is 32.6 Å². The molecule has 2 aromatic heterocycles. The molecule has 0 aromatic carbocycles. The first-order valence-electron chi connectivity index (χ1n) is 8.19. The van der Waals surface area contributed by atoms with Gasteiger partial charge >= 0.3 is 0 Å². The van der Waals surface area contributed by atoms with Crippen LogP contribution in [0.4, 0.5) is 0 Å². The second-order valence-electron chi connectivity index (χ2n) is 7.88. The van der Waals surface area contributed by atoms with E-state index in [-0.39, 0.29) is 5.04 Å². The molecule has 2 rings (SSSR count). The van der Waals surface area contributed by atoms with Gasteiger partial charge in [-0.2, -0.15) is 0 Å². The lowest BCUT2D eigenvalue weighted by Crippen LogP contribution is -2.40. The van der Waals surface area contributed by atoms with E-state index in [2.05, 4.69) is 48.8 Å². The maximum Gasteiger partial charge on any atom is 0.192 e. The minimum absolute atomic E-state index is 0.195. The minimum atomic E-state index is -1.75. The lowest BCUT2D eigenvalue weighted by molar-refractivity contribution is 0.0733. The third-order valence-corrected chi connectivity index (χ3v) is 8.70. The van der Waals surface area contributed by atoms with Crippen LogP contribution in [0, 0.1) is 0 Å². The summed E-state index contributed by atoms with van der Waals surface area (Å²) in [4.78, 5) is 10.9. The van der Waals surface area contributed by atoms with E-state index in [9.17, 15) is 5.11 Å². The first kappa shape index (κ1) is 20.5. The van der Waals surface area contributed by atoms with E-state index < -0.39 is 13.9 Å². The number of hydrogen-bond acceptors (Lipinski definition) is 4. The van der Waals surface area contributed by atoms with Gasteiger partial charge in [0.1, 0.15) is 5.60 Å². The van der Waals surface area contributed by atoms with Gasteiger partial charge in [0.15, 0.2) is 8.32 Å². The van der Waals surface area contributed by atoms with Crippen molar-refractivity contribution in [2.75, 3.05) is 0 Å². The van der Waals surface area contributed by atoms with Gasteiger partial charge in [-0.1, -0.05) is 26.8 Å². The Morgan fingerprint density at radius 1 is 1.17 bits per heavy atom. The summed E-state index contributed by atoms with van der Waals surface area (Å²) in [6, 6.07) is 5.71. The molecule has 0 spiro atoms. The second kappa shape index (κ2) is 8.05. The Kier molecular flexibility index (Phi) is 6.89. The third kappa shape index (κ3) is 6.55. The van der Waals surface area contributed by atoms with Crippen molar-refractivity contribution in [2.45, 2.75) is 65.0 Å². The van der Waals surface area contributed by atoms with Gasteiger partial charge in [0, 0.05) is 12.4 Å². The Bertz CT molecular complexity index is 582. The predicted octanol–water partition coefficient (Wildman–Crippen LogP) is 4.24. The van der Waals surface area contributed by atoms with E-state index >= 15 is 0 Å². The van der Waals surface area contributed by atoms with Crippen LogP contribution >= 0.6 is 0 Å². The highest BCUT2D eigenvalue weighted by Crippen LogP contribution is 2.37. The maximum absolute atomic E-state index is 9.98. The summed E-state index contributed by atoms with van der Waals surface area (Å²) in [5.74, 6) is 0. The molecule has 0 fully saturated rings. The van der Waals surface area contributed by atoms with Crippen LogP contribution in [0.5, 0.6) is 0 Å². The standard InChI is InChI=1S/C15H27NO2Si.C3H4N2/c1-14(2,3)19(6,7)18-11-12-9-8-10-13(16-12)15(4,5)17;1-2-5-3-4-1/h8-10,17H,11H2,1-7H3;1-3H,(H,4,5). The molecule has 2 N–H and O–H groups in total. The van der Waals surface area contributed by atoms with Crippen molar-refractivity contribution < 1.29 is 9.53 Å². The molecule has 0 radical (unpaired) electrons. The fourth-order valence-corrected chi connectivity index (χ4v) is 2.53. The summed E-state index contributed by atoms with van der Waals surface area (Å²) < 4.78 is 6.14. The molecule has 5 nitrogen and oxygen atoms in total. The third-order valence-electron chi connectivity index (χ3n) is 4.23. The van der Waals surface area contributed by atoms with Gasteiger partial charge in [0.25, 0.3) is 0 Å². The summed E-state index contributed by atoms with van der Waals surface area (Å²) in [6.45, 7) is 15.1. The molecule has 0 unspecified atom stereocenters. The summed E-state index contributed by atoms with van der Waals surface area (Å²) >= 11 is 0. The number of aromatic amines is 1. The first-order chi connectivity index (χ1) is 10.9. The summed E-state index contributed by atoms with van der Waals surface area (Å²) in [6.07, 6.45) is 5.08. The highest BCUT2D eigenvalue weighted by atomic mass is 28.4. The molecular formula is C18H31N3O2Si. The lowest BCUT2D eigenvalue weighted by atomic mass is 10.0. The van der Waals surface area contributed by atoms with Crippen molar-refractivity contribution in [3.8, 4) is 0 Å². The molecule has 6 heteroatoms. The van der Waals surface area contributed by atoms with Gasteiger partial charge in [0.05, 0.1) is 24.3 Å². The number of aromatic nitrogens is 3. The first-order valence-corrected chi connectivity index (χ1v) is 11.1. The average molecular weight is 350 g/mol. The van der Waals surface area contributed by atoms with E-state index in [4.69, 9.17) is 4.43 Å². The summed E-state index contributed by atoms with van der Waals surface area (Å²) in [7, 11) is -1.75. The number of aliphatic hydroxyl groups is 1. The number of nitrogens with zero attached hydrogens (tertiary/aromatic N) is 2. The molecule has 0 aliphatic carbocycles. The Morgan fingerprint density at radius 2 is 1.83 bits per heavy atom. The highest BCUT2D eigenvalue weighted by molar-refractivity contribution is 6.74. The van der Waals surface area contributed by atoms with Gasteiger partial charge in [-0.05, 0) is 44.1 Å². The zero-order chi connectivity index (χ0) is 18.4.